The smallest absolute Gasteiger partial charge is 0.0717 e. The minimum Gasteiger partial charge on any atom is -0.272 e. The molecule has 0 radical (unpaired) electrons. The summed E-state index contributed by atoms with van der Waals surface area (Å²) in [6, 6.07) is 3.94. The van der Waals surface area contributed by atoms with Crippen molar-refractivity contribution in [3.63, 3.8) is 0 Å². The number of aliphatic imine (C=N–C) groups is 1. The summed E-state index contributed by atoms with van der Waals surface area (Å²) in [6.45, 7) is 9.07. The van der Waals surface area contributed by atoms with Crippen molar-refractivity contribution in [2.45, 2.75) is 6.92 Å². The molecule has 1 aromatic heterocycles. The minimum atomic E-state index is 0.869. The molecule has 2 heteroatoms. The molecule has 0 aromatic carbocycles. The van der Waals surface area contributed by atoms with Gasteiger partial charge in [-0.25, -0.2) is 0 Å². The third-order valence-corrected chi connectivity index (χ3v) is 1.66. The van der Waals surface area contributed by atoms with Crippen molar-refractivity contribution < 1.29 is 0 Å². The van der Waals surface area contributed by atoms with Crippen LogP contribution in [0.4, 0.5) is 0 Å². The van der Waals surface area contributed by atoms with Gasteiger partial charge in [0.05, 0.1) is 5.69 Å². The summed E-state index contributed by atoms with van der Waals surface area (Å²) >= 11 is 0. The number of rotatable bonds is 3. The van der Waals surface area contributed by atoms with Gasteiger partial charge in [0, 0.05) is 18.0 Å². The predicted molar refractivity (Wildman–Crippen MR) is 56.7 cm³/mol. The van der Waals surface area contributed by atoms with E-state index in [-0.39, 0.29) is 0 Å². The second kappa shape index (κ2) is 4.36. The number of nitrogens with zero attached hydrogens (tertiary/aromatic N) is 2. The van der Waals surface area contributed by atoms with Gasteiger partial charge in [0.25, 0.3) is 0 Å². The highest BCUT2D eigenvalue weighted by Crippen LogP contribution is 2.12. The molecule has 1 heterocycles. The molecule has 0 amide bonds. The van der Waals surface area contributed by atoms with Gasteiger partial charge in [0.1, 0.15) is 0 Å². The van der Waals surface area contributed by atoms with Crippen LogP contribution in [-0.4, -0.2) is 11.7 Å². The first-order valence-corrected chi connectivity index (χ1v) is 3.99. The lowest BCUT2D eigenvalue weighted by molar-refractivity contribution is 1.23. The molecule has 0 saturated carbocycles. The van der Waals surface area contributed by atoms with Crippen LogP contribution in [0.25, 0.3) is 5.57 Å². The molecule has 1 rings (SSSR count). The quantitative estimate of drug-likeness (QED) is 0.508. The molecule has 0 atom stereocenters. The highest BCUT2D eigenvalue weighted by atomic mass is 14.7. The van der Waals surface area contributed by atoms with Crippen LogP contribution in [0.2, 0.25) is 0 Å². The first-order chi connectivity index (χ1) is 6.27. The lowest BCUT2D eigenvalue weighted by Crippen LogP contribution is -1.86. The highest BCUT2D eigenvalue weighted by Gasteiger charge is 1.96. The van der Waals surface area contributed by atoms with Gasteiger partial charge in [-0.1, -0.05) is 18.7 Å². The fourth-order valence-corrected chi connectivity index (χ4v) is 0.960. The first-order valence-electron chi connectivity index (χ1n) is 3.99. The van der Waals surface area contributed by atoms with Crippen molar-refractivity contribution in [1.29, 1.82) is 0 Å². The fourth-order valence-electron chi connectivity index (χ4n) is 0.960. The van der Waals surface area contributed by atoms with Crippen LogP contribution >= 0.6 is 0 Å². The van der Waals surface area contributed by atoms with E-state index in [0.717, 1.165) is 16.8 Å². The van der Waals surface area contributed by atoms with Gasteiger partial charge in [-0.15, -0.1) is 0 Å². The van der Waals surface area contributed by atoms with Crippen molar-refractivity contribution >= 4 is 12.3 Å². The third kappa shape index (κ3) is 2.37. The number of hydrogen-bond donors (Lipinski definition) is 0. The van der Waals surface area contributed by atoms with Gasteiger partial charge < -0.3 is 0 Å². The van der Waals surface area contributed by atoms with Crippen LogP contribution in [-0.2, 0) is 0 Å². The Morgan fingerprint density at radius 2 is 2.31 bits per heavy atom. The Morgan fingerprint density at radius 1 is 1.54 bits per heavy atom. The summed E-state index contributed by atoms with van der Waals surface area (Å²) in [4.78, 5) is 7.92. The minimum absolute atomic E-state index is 0.869. The van der Waals surface area contributed by atoms with Crippen LogP contribution in [0.15, 0.2) is 42.2 Å². The maximum Gasteiger partial charge on any atom is 0.0717 e. The first kappa shape index (κ1) is 9.39. The van der Waals surface area contributed by atoms with Crippen LogP contribution in [0.1, 0.15) is 11.3 Å². The van der Waals surface area contributed by atoms with Gasteiger partial charge >= 0.3 is 0 Å². The SMILES string of the molecule is C=C/C(=C\N=C)c1ccc(C)cn1. The lowest BCUT2D eigenvalue weighted by Gasteiger charge is -1.99. The molecule has 0 unspecified atom stereocenters. The Bertz CT molecular complexity index is 334. The number of hydrogen-bond acceptors (Lipinski definition) is 2. The van der Waals surface area contributed by atoms with Gasteiger partial charge in [-0.3, -0.25) is 9.98 Å². The van der Waals surface area contributed by atoms with Crippen molar-refractivity contribution in [3.8, 4) is 0 Å². The summed E-state index contributed by atoms with van der Waals surface area (Å²) < 4.78 is 0. The number of aromatic nitrogens is 1. The van der Waals surface area contributed by atoms with E-state index in [0.29, 0.717) is 0 Å². The maximum atomic E-state index is 4.24. The van der Waals surface area contributed by atoms with E-state index < -0.39 is 0 Å². The average molecular weight is 172 g/mol. The number of aryl methyl sites for hydroxylation is 1. The molecule has 66 valence electrons. The van der Waals surface area contributed by atoms with Gasteiger partial charge in [0.15, 0.2) is 0 Å². The van der Waals surface area contributed by atoms with Crippen LogP contribution in [0.3, 0.4) is 0 Å². The van der Waals surface area contributed by atoms with Crippen molar-refractivity contribution in [3.05, 3.63) is 48.4 Å². The molecule has 0 fully saturated rings. The summed E-state index contributed by atoms with van der Waals surface area (Å²) in [5.74, 6) is 0. The molecule has 0 spiro atoms. The van der Waals surface area contributed by atoms with Crippen molar-refractivity contribution in [2.75, 3.05) is 0 Å². The summed E-state index contributed by atoms with van der Waals surface area (Å²) in [7, 11) is 0. The number of pyridine rings is 1. The Morgan fingerprint density at radius 3 is 2.77 bits per heavy atom. The summed E-state index contributed by atoms with van der Waals surface area (Å²) in [5.41, 5.74) is 2.89. The molecule has 0 N–H and O–H groups in total. The van der Waals surface area contributed by atoms with E-state index in [1.165, 1.54) is 0 Å². The standard InChI is InChI=1S/C11H12N2/c1-4-10(8-12-3)11-6-5-9(2)7-13-11/h4-8H,1,3H2,2H3/b10-8+. The zero-order valence-corrected chi connectivity index (χ0v) is 7.70. The van der Waals surface area contributed by atoms with Crippen LogP contribution in [0.5, 0.6) is 0 Å². The molecule has 13 heavy (non-hydrogen) atoms. The zero-order valence-electron chi connectivity index (χ0n) is 7.70. The molecular weight excluding hydrogens is 160 g/mol. The normalized spacial score (nSPS) is 11.0. The second-order valence-electron chi connectivity index (χ2n) is 2.69. The van der Waals surface area contributed by atoms with E-state index in [2.05, 4.69) is 23.3 Å². The van der Waals surface area contributed by atoms with Gasteiger partial charge in [-0.05, 0) is 25.3 Å². The van der Waals surface area contributed by atoms with E-state index in [1.807, 2.05) is 25.3 Å². The average Bonchev–Trinajstić information content (AvgIpc) is 2.16. The van der Waals surface area contributed by atoms with E-state index in [4.69, 9.17) is 0 Å². The molecular formula is C11H12N2. The second-order valence-corrected chi connectivity index (χ2v) is 2.69. The van der Waals surface area contributed by atoms with E-state index >= 15 is 0 Å². The van der Waals surface area contributed by atoms with Crippen molar-refractivity contribution in [2.24, 2.45) is 4.99 Å². The van der Waals surface area contributed by atoms with Crippen LogP contribution < -0.4 is 0 Å². The summed E-state index contributed by atoms with van der Waals surface area (Å²) in [6.07, 6.45) is 5.17. The Labute approximate surface area is 78.4 Å². The number of allylic oxidation sites excluding steroid dienone is 2. The molecule has 2 nitrogen and oxygen atoms in total. The van der Waals surface area contributed by atoms with Crippen LogP contribution in [0, 0.1) is 6.92 Å². The maximum absolute atomic E-state index is 4.24. The predicted octanol–water partition coefficient (Wildman–Crippen LogP) is 2.62. The Kier molecular flexibility index (Phi) is 3.15. The third-order valence-electron chi connectivity index (χ3n) is 1.66. The van der Waals surface area contributed by atoms with Crippen molar-refractivity contribution in [1.82, 2.24) is 4.98 Å². The molecule has 1 aromatic rings. The molecule has 0 aliphatic rings. The van der Waals surface area contributed by atoms with Gasteiger partial charge in [0.2, 0.25) is 0 Å². The Hall–Kier alpha value is -1.70. The summed E-state index contributed by atoms with van der Waals surface area (Å²) in [5, 5.41) is 0. The monoisotopic (exact) mass is 172 g/mol. The van der Waals surface area contributed by atoms with E-state index in [9.17, 15) is 0 Å². The zero-order chi connectivity index (χ0) is 9.68. The topological polar surface area (TPSA) is 25.2 Å². The molecule has 0 aliphatic carbocycles. The lowest BCUT2D eigenvalue weighted by atomic mass is 10.1. The fraction of sp³-hybridized carbons (Fsp3) is 0.0909. The molecule has 0 aliphatic heterocycles. The largest absolute Gasteiger partial charge is 0.272 e. The van der Waals surface area contributed by atoms with Gasteiger partial charge in [-0.2, -0.15) is 0 Å². The van der Waals surface area contributed by atoms with E-state index in [1.54, 1.807) is 12.3 Å². The Balaban J connectivity index is 3.06. The molecule has 0 saturated heterocycles. The highest BCUT2D eigenvalue weighted by molar-refractivity contribution is 5.71. The molecule has 0 bridgehead atoms.